The van der Waals surface area contributed by atoms with E-state index in [0.29, 0.717) is 16.6 Å². The Morgan fingerprint density at radius 2 is 1.83 bits per heavy atom. The molecule has 1 aromatic heterocycles. The van der Waals surface area contributed by atoms with Crippen molar-refractivity contribution in [2.75, 3.05) is 17.1 Å². The SMILES string of the molecule is COc1ccc(NC(=O)CCn2ncc(=O)c3ccccc32)cc1NS(=O)(=O)c1ccc(F)cc1. The van der Waals surface area contributed by atoms with Crippen LogP contribution in [0, 0.1) is 5.82 Å². The van der Waals surface area contributed by atoms with Gasteiger partial charge in [0, 0.05) is 17.5 Å². The molecule has 9 nitrogen and oxygen atoms in total. The number of sulfonamides is 1. The first-order valence-corrected chi connectivity index (χ1v) is 12.0. The number of carbonyl (C=O) groups is 1. The molecule has 0 aliphatic rings. The topological polar surface area (TPSA) is 119 Å². The molecule has 0 aliphatic heterocycles. The Morgan fingerprint density at radius 3 is 2.57 bits per heavy atom. The van der Waals surface area contributed by atoms with E-state index in [4.69, 9.17) is 4.74 Å². The van der Waals surface area contributed by atoms with Gasteiger partial charge in [0.25, 0.3) is 10.0 Å². The van der Waals surface area contributed by atoms with Crippen LogP contribution in [-0.2, 0) is 21.4 Å². The molecule has 0 radical (unpaired) electrons. The van der Waals surface area contributed by atoms with Gasteiger partial charge in [0.05, 0.1) is 36.0 Å². The highest BCUT2D eigenvalue weighted by Gasteiger charge is 2.17. The number of hydrogen-bond donors (Lipinski definition) is 2. The van der Waals surface area contributed by atoms with Crippen molar-refractivity contribution in [3.05, 3.63) is 89.0 Å². The van der Waals surface area contributed by atoms with Crippen molar-refractivity contribution in [2.24, 2.45) is 0 Å². The van der Waals surface area contributed by atoms with Crippen molar-refractivity contribution in [1.82, 2.24) is 9.78 Å². The molecule has 1 amide bonds. The maximum absolute atomic E-state index is 13.2. The minimum Gasteiger partial charge on any atom is -0.495 e. The summed E-state index contributed by atoms with van der Waals surface area (Å²) in [6.45, 7) is 0.229. The van der Waals surface area contributed by atoms with Crippen LogP contribution < -0.4 is 20.2 Å². The van der Waals surface area contributed by atoms with Gasteiger partial charge in [-0.25, -0.2) is 12.8 Å². The quantitative estimate of drug-likeness (QED) is 0.386. The largest absolute Gasteiger partial charge is 0.495 e. The van der Waals surface area contributed by atoms with E-state index in [-0.39, 0.29) is 40.6 Å². The van der Waals surface area contributed by atoms with Crippen LogP contribution in [0.3, 0.4) is 0 Å². The van der Waals surface area contributed by atoms with Crippen LogP contribution in [0.1, 0.15) is 6.42 Å². The Balaban J connectivity index is 1.49. The Morgan fingerprint density at radius 1 is 1.09 bits per heavy atom. The summed E-state index contributed by atoms with van der Waals surface area (Å²) in [6, 6.07) is 15.9. The number of nitrogens with zero attached hydrogens (tertiary/aromatic N) is 2. The Labute approximate surface area is 200 Å². The lowest BCUT2D eigenvalue weighted by Gasteiger charge is -2.14. The molecule has 3 aromatic carbocycles. The van der Waals surface area contributed by atoms with E-state index >= 15 is 0 Å². The number of methoxy groups -OCH3 is 1. The molecule has 0 spiro atoms. The number of ether oxygens (including phenoxy) is 1. The van der Waals surface area contributed by atoms with Crippen molar-refractivity contribution < 1.29 is 22.3 Å². The highest BCUT2D eigenvalue weighted by Crippen LogP contribution is 2.30. The van der Waals surface area contributed by atoms with Gasteiger partial charge in [-0.05, 0) is 54.6 Å². The lowest BCUT2D eigenvalue weighted by molar-refractivity contribution is -0.116. The molecule has 0 saturated heterocycles. The number of benzene rings is 3. The molecule has 11 heteroatoms. The number of rotatable bonds is 8. The van der Waals surface area contributed by atoms with Gasteiger partial charge in [-0.1, -0.05) is 12.1 Å². The molecule has 0 bridgehead atoms. The standard InChI is InChI=1S/C24H21FN4O5S/c1-34-23-11-8-17(14-20(23)28-35(32,33)18-9-6-16(25)7-10-18)27-24(31)12-13-29-21-5-3-2-4-19(21)22(30)15-26-29/h2-11,14-15,28H,12-13H2,1H3,(H,27,31). The van der Waals surface area contributed by atoms with Crippen LogP contribution in [0.5, 0.6) is 5.75 Å². The van der Waals surface area contributed by atoms with Gasteiger partial charge in [-0.2, -0.15) is 5.10 Å². The second-order valence-electron chi connectivity index (χ2n) is 7.52. The number of anilines is 2. The molecule has 4 rings (SSSR count). The van der Waals surface area contributed by atoms with Crippen molar-refractivity contribution in [3.63, 3.8) is 0 Å². The molecule has 4 aromatic rings. The van der Waals surface area contributed by atoms with Crippen LogP contribution in [0.2, 0.25) is 0 Å². The van der Waals surface area contributed by atoms with Crippen molar-refractivity contribution in [3.8, 4) is 5.75 Å². The van der Waals surface area contributed by atoms with E-state index in [2.05, 4.69) is 15.1 Å². The van der Waals surface area contributed by atoms with Gasteiger partial charge in [-0.15, -0.1) is 0 Å². The summed E-state index contributed by atoms with van der Waals surface area (Å²) in [5.41, 5.74) is 0.859. The van der Waals surface area contributed by atoms with Gasteiger partial charge in [0.1, 0.15) is 11.6 Å². The predicted octanol–water partition coefficient (Wildman–Crippen LogP) is 3.37. The molecule has 35 heavy (non-hydrogen) atoms. The molecule has 0 fully saturated rings. The second kappa shape index (κ2) is 9.94. The number of aryl methyl sites for hydroxylation is 1. The van der Waals surface area contributed by atoms with Crippen LogP contribution in [0.15, 0.2) is 82.6 Å². The van der Waals surface area contributed by atoms with E-state index in [9.17, 15) is 22.4 Å². The van der Waals surface area contributed by atoms with E-state index in [1.807, 2.05) is 0 Å². The summed E-state index contributed by atoms with van der Waals surface area (Å²) in [5, 5.41) is 7.33. The Kier molecular flexibility index (Phi) is 6.78. The molecule has 180 valence electrons. The zero-order valence-corrected chi connectivity index (χ0v) is 19.4. The third kappa shape index (κ3) is 5.46. The zero-order chi connectivity index (χ0) is 25.0. The number of hydrogen-bond acceptors (Lipinski definition) is 6. The van der Waals surface area contributed by atoms with E-state index in [0.717, 1.165) is 24.3 Å². The van der Waals surface area contributed by atoms with E-state index < -0.39 is 15.8 Å². The number of fused-ring (bicyclic) bond motifs is 1. The summed E-state index contributed by atoms with van der Waals surface area (Å²) >= 11 is 0. The summed E-state index contributed by atoms with van der Waals surface area (Å²) in [7, 11) is -2.65. The third-order valence-electron chi connectivity index (χ3n) is 5.16. The molecular weight excluding hydrogens is 475 g/mol. The molecule has 0 atom stereocenters. The molecule has 0 saturated carbocycles. The molecule has 2 N–H and O–H groups in total. The lowest BCUT2D eigenvalue weighted by atomic mass is 10.2. The Bertz CT molecular complexity index is 1550. The number of amides is 1. The summed E-state index contributed by atoms with van der Waals surface area (Å²) in [5.74, 6) is -0.665. The van der Waals surface area contributed by atoms with E-state index in [1.54, 1.807) is 35.0 Å². The monoisotopic (exact) mass is 496 g/mol. The number of para-hydroxylation sites is 1. The number of nitrogens with one attached hydrogen (secondary N) is 2. The fourth-order valence-electron chi connectivity index (χ4n) is 3.45. The van der Waals surface area contributed by atoms with Crippen molar-refractivity contribution in [1.29, 1.82) is 0 Å². The predicted molar refractivity (Wildman–Crippen MR) is 129 cm³/mol. The zero-order valence-electron chi connectivity index (χ0n) is 18.6. The first-order chi connectivity index (χ1) is 16.8. The summed E-state index contributed by atoms with van der Waals surface area (Å²) < 4.78 is 47.8. The third-order valence-corrected chi connectivity index (χ3v) is 6.55. The van der Waals surface area contributed by atoms with Gasteiger partial charge in [0.15, 0.2) is 0 Å². The summed E-state index contributed by atoms with van der Waals surface area (Å²) in [6.07, 6.45) is 1.27. The second-order valence-corrected chi connectivity index (χ2v) is 9.20. The van der Waals surface area contributed by atoms with E-state index in [1.165, 1.54) is 25.4 Å². The van der Waals surface area contributed by atoms with Crippen LogP contribution in [0.25, 0.3) is 10.9 Å². The van der Waals surface area contributed by atoms with Gasteiger partial charge >= 0.3 is 0 Å². The number of halogens is 1. The minimum absolute atomic E-state index is 0.0581. The first kappa shape index (κ1) is 23.9. The fraction of sp³-hybridized carbons (Fsp3) is 0.125. The normalized spacial score (nSPS) is 11.3. The summed E-state index contributed by atoms with van der Waals surface area (Å²) in [4.78, 5) is 24.4. The molecule has 0 unspecified atom stereocenters. The average Bonchev–Trinajstić information content (AvgIpc) is 2.84. The van der Waals surface area contributed by atoms with Gasteiger partial charge in [0.2, 0.25) is 11.3 Å². The number of aromatic nitrogens is 2. The number of carbonyl (C=O) groups excluding carboxylic acids is 1. The molecular formula is C24H21FN4O5S. The van der Waals surface area contributed by atoms with Crippen LogP contribution in [0.4, 0.5) is 15.8 Å². The fourth-order valence-corrected chi connectivity index (χ4v) is 4.51. The molecule has 0 aliphatic carbocycles. The highest BCUT2D eigenvalue weighted by molar-refractivity contribution is 7.92. The Hall–Kier alpha value is -4.25. The lowest BCUT2D eigenvalue weighted by Crippen LogP contribution is -2.18. The van der Waals surface area contributed by atoms with Gasteiger partial charge < -0.3 is 10.1 Å². The maximum atomic E-state index is 13.2. The maximum Gasteiger partial charge on any atom is 0.262 e. The highest BCUT2D eigenvalue weighted by atomic mass is 32.2. The smallest absolute Gasteiger partial charge is 0.262 e. The molecule has 1 heterocycles. The van der Waals surface area contributed by atoms with Crippen LogP contribution in [-0.4, -0.2) is 31.2 Å². The van der Waals surface area contributed by atoms with Crippen molar-refractivity contribution >= 4 is 38.2 Å². The first-order valence-electron chi connectivity index (χ1n) is 10.5. The van der Waals surface area contributed by atoms with Gasteiger partial charge in [-0.3, -0.25) is 19.0 Å². The van der Waals surface area contributed by atoms with Crippen molar-refractivity contribution in [2.45, 2.75) is 17.9 Å². The average molecular weight is 497 g/mol. The minimum atomic E-state index is -4.03. The van der Waals surface area contributed by atoms with Crippen LogP contribution >= 0.6 is 0 Å².